The molecule has 1 aliphatic rings. The maximum Gasteiger partial charge on any atom is 0.213 e. The van der Waals surface area contributed by atoms with Gasteiger partial charge in [-0.1, -0.05) is 6.07 Å². The Bertz CT molecular complexity index is 552. The summed E-state index contributed by atoms with van der Waals surface area (Å²) >= 11 is 0. The summed E-state index contributed by atoms with van der Waals surface area (Å²) in [5.41, 5.74) is 1.25. The zero-order valence-electron chi connectivity index (χ0n) is 11.9. The van der Waals surface area contributed by atoms with E-state index in [0.717, 1.165) is 13.1 Å². The van der Waals surface area contributed by atoms with Crippen LogP contribution in [0, 0.1) is 0 Å². The Morgan fingerprint density at radius 2 is 2.20 bits per heavy atom. The van der Waals surface area contributed by atoms with Crippen LogP contribution < -0.4 is 4.74 Å². The van der Waals surface area contributed by atoms with Gasteiger partial charge in [-0.15, -0.1) is 0 Å². The molecule has 2 aromatic rings. The Balaban J connectivity index is 1.72. The standard InChI is InChI=1S/C15H20N4O/c1-12(2)18-9-13-6-8-17-19(13)14(10-18)11-20-15-5-3-4-7-16-15/h3-8,12,14H,9-11H2,1-2H3/t14-/m0/s1. The fourth-order valence-corrected chi connectivity index (χ4v) is 2.55. The van der Waals surface area contributed by atoms with Crippen molar-refractivity contribution in [1.82, 2.24) is 19.7 Å². The molecule has 5 nitrogen and oxygen atoms in total. The van der Waals surface area contributed by atoms with Crippen LogP contribution in [0.3, 0.4) is 0 Å². The maximum absolute atomic E-state index is 5.80. The third kappa shape index (κ3) is 2.67. The molecule has 0 aliphatic carbocycles. The number of aromatic nitrogens is 3. The Labute approximate surface area is 119 Å². The molecule has 0 spiro atoms. The van der Waals surface area contributed by atoms with Crippen LogP contribution in [-0.2, 0) is 6.54 Å². The van der Waals surface area contributed by atoms with Crippen molar-refractivity contribution in [3.05, 3.63) is 42.4 Å². The van der Waals surface area contributed by atoms with Crippen LogP contribution in [0.25, 0.3) is 0 Å². The third-order valence-corrected chi connectivity index (χ3v) is 3.70. The molecule has 2 aromatic heterocycles. The molecule has 0 unspecified atom stereocenters. The summed E-state index contributed by atoms with van der Waals surface area (Å²) in [7, 11) is 0. The van der Waals surface area contributed by atoms with Crippen LogP contribution in [0.15, 0.2) is 36.7 Å². The molecule has 0 amide bonds. The SMILES string of the molecule is CC(C)N1Cc2ccnn2[C@H](COc2ccccn2)C1. The predicted octanol–water partition coefficient (Wildman–Crippen LogP) is 2.12. The van der Waals surface area contributed by atoms with Crippen molar-refractivity contribution >= 4 is 0 Å². The van der Waals surface area contributed by atoms with E-state index < -0.39 is 0 Å². The van der Waals surface area contributed by atoms with Crippen LogP contribution >= 0.6 is 0 Å². The molecule has 106 valence electrons. The van der Waals surface area contributed by atoms with Gasteiger partial charge < -0.3 is 4.74 Å². The van der Waals surface area contributed by atoms with Crippen molar-refractivity contribution in [1.29, 1.82) is 0 Å². The zero-order chi connectivity index (χ0) is 13.9. The summed E-state index contributed by atoms with van der Waals surface area (Å²) in [6, 6.07) is 8.55. The lowest BCUT2D eigenvalue weighted by Gasteiger charge is -2.36. The normalized spacial score (nSPS) is 19.1. The van der Waals surface area contributed by atoms with Crippen LogP contribution in [0.1, 0.15) is 25.6 Å². The lowest BCUT2D eigenvalue weighted by Crippen LogP contribution is -2.43. The van der Waals surface area contributed by atoms with E-state index in [0.29, 0.717) is 18.5 Å². The van der Waals surface area contributed by atoms with Crippen molar-refractivity contribution in [3.8, 4) is 5.88 Å². The average molecular weight is 272 g/mol. The number of hydrogen-bond acceptors (Lipinski definition) is 4. The van der Waals surface area contributed by atoms with Crippen LogP contribution in [0.2, 0.25) is 0 Å². The summed E-state index contributed by atoms with van der Waals surface area (Å²) < 4.78 is 7.89. The van der Waals surface area contributed by atoms with Gasteiger partial charge in [0.1, 0.15) is 6.61 Å². The Morgan fingerprint density at radius 3 is 2.95 bits per heavy atom. The van der Waals surface area contributed by atoms with Gasteiger partial charge in [0.15, 0.2) is 0 Å². The molecule has 3 heterocycles. The molecule has 0 bridgehead atoms. The summed E-state index contributed by atoms with van der Waals surface area (Å²) in [6.07, 6.45) is 3.61. The van der Waals surface area contributed by atoms with Gasteiger partial charge in [0.05, 0.1) is 11.7 Å². The number of pyridine rings is 1. The lowest BCUT2D eigenvalue weighted by atomic mass is 10.1. The number of nitrogens with zero attached hydrogens (tertiary/aromatic N) is 4. The molecular formula is C15H20N4O. The molecule has 1 atom stereocenters. The number of fused-ring (bicyclic) bond motifs is 1. The van der Waals surface area contributed by atoms with E-state index in [1.165, 1.54) is 5.69 Å². The quantitative estimate of drug-likeness (QED) is 0.855. The molecule has 0 fully saturated rings. The minimum absolute atomic E-state index is 0.234. The van der Waals surface area contributed by atoms with Crippen LogP contribution in [-0.4, -0.2) is 38.9 Å². The molecule has 0 aromatic carbocycles. The summed E-state index contributed by atoms with van der Waals surface area (Å²) in [5, 5.41) is 4.43. The van der Waals surface area contributed by atoms with Gasteiger partial charge in [-0.25, -0.2) is 4.98 Å². The highest BCUT2D eigenvalue weighted by Crippen LogP contribution is 2.22. The second-order valence-electron chi connectivity index (χ2n) is 5.42. The molecule has 0 saturated carbocycles. The van der Waals surface area contributed by atoms with Crippen LogP contribution in [0.5, 0.6) is 5.88 Å². The first-order valence-electron chi connectivity index (χ1n) is 7.04. The Kier molecular flexibility index (Phi) is 3.69. The Morgan fingerprint density at radius 1 is 1.30 bits per heavy atom. The fraction of sp³-hybridized carbons (Fsp3) is 0.467. The van der Waals surface area contributed by atoms with E-state index in [2.05, 4.69) is 39.6 Å². The first-order valence-corrected chi connectivity index (χ1v) is 7.04. The summed E-state index contributed by atoms with van der Waals surface area (Å²) in [4.78, 5) is 6.64. The number of hydrogen-bond donors (Lipinski definition) is 0. The molecule has 0 radical (unpaired) electrons. The van der Waals surface area contributed by atoms with Crippen molar-refractivity contribution in [2.75, 3.05) is 13.2 Å². The fourth-order valence-electron chi connectivity index (χ4n) is 2.55. The third-order valence-electron chi connectivity index (χ3n) is 3.70. The monoisotopic (exact) mass is 272 g/mol. The molecule has 20 heavy (non-hydrogen) atoms. The first-order chi connectivity index (χ1) is 9.74. The summed E-state index contributed by atoms with van der Waals surface area (Å²) in [6.45, 7) is 6.96. The summed E-state index contributed by atoms with van der Waals surface area (Å²) in [5.74, 6) is 0.669. The molecular weight excluding hydrogens is 252 g/mol. The minimum Gasteiger partial charge on any atom is -0.475 e. The van der Waals surface area contributed by atoms with E-state index in [-0.39, 0.29) is 6.04 Å². The largest absolute Gasteiger partial charge is 0.475 e. The Hall–Kier alpha value is -1.88. The van der Waals surface area contributed by atoms with Gasteiger partial charge in [0.2, 0.25) is 5.88 Å². The molecule has 3 rings (SSSR count). The average Bonchev–Trinajstić information content (AvgIpc) is 2.94. The van der Waals surface area contributed by atoms with Gasteiger partial charge in [-0.3, -0.25) is 9.58 Å². The van der Waals surface area contributed by atoms with Crippen molar-refractivity contribution in [2.24, 2.45) is 0 Å². The molecule has 0 N–H and O–H groups in total. The van der Waals surface area contributed by atoms with E-state index >= 15 is 0 Å². The minimum atomic E-state index is 0.234. The molecule has 0 saturated heterocycles. The van der Waals surface area contributed by atoms with Gasteiger partial charge in [0.25, 0.3) is 0 Å². The van der Waals surface area contributed by atoms with E-state index in [1.54, 1.807) is 6.20 Å². The maximum atomic E-state index is 5.80. The highest BCUT2D eigenvalue weighted by atomic mass is 16.5. The second-order valence-corrected chi connectivity index (χ2v) is 5.42. The van der Waals surface area contributed by atoms with E-state index in [4.69, 9.17) is 4.74 Å². The molecule has 5 heteroatoms. The highest BCUT2D eigenvalue weighted by Gasteiger charge is 2.27. The van der Waals surface area contributed by atoms with Crippen molar-refractivity contribution in [2.45, 2.75) is 32.5 Å². The smallest absolute Gasteiger partial charge is 0.213 e. The van der Waals surface area contributed by atoms with Gasteiger partial charge >= 0.3 is 0 Å². The van der Waals surface area contributed by atoms with E-state index in [1.807, 2.05) is 24.4 Å². The number of rotatable bonds is 4. The zero-order valence-corrected chi connectivity index (χ0v) is 11.9. The van der Waals surface area contributed by atoms with E-state index in [9.17, 15) is 0 Å². The van der Waals surface area contributed by atoms with Crippen molar-refractivity contribution in [3.63, 3.8) is 0 Å². The van der Waals surface area contributed by atoms with Gasteiger partial charge in [0, 0.05) is 37.6 Å². The van der Waals surface area contributed by atoms with Gasteiger partial charge in [-0.05, 0) is 26.0 Å². The lowest BCUT2D eigenvalue weighted by molar-refractivity contribution is 0.107. The molecule has 1 aliphatic heterocycles. The second kappa shape index (κ2) is 5.63. The number of ether oxygens (including phenoxy) is 1. The topological polar surface area (TPSA) is 43.2 Å². The predicted molar refractivity (Wildman–Crippen MR) is 76.5 cm³/mol. The highest BCUT2D eigenvalue weighted by molar-refractivity contribution is 5.10. The first kappa shape index (κ1) is 13.1. The van der Waals surface area contributed by atoms with Crippen molar-refractivity contribution < 1.29 is 4.74 Å². The van der Waals surface area contributed by atoms with Crippen LogP contribution in [0.4, 0.5) is 0 Å². The van der Waals surface area contributed by atoms with Gasteiger partial charge in [-0.2, -0.15) is 5.10 Å².